The number of nitrogens with zero attached hydrogens (tertiary/aromatic N) is 4. The van der Waals surface area contributed by atoms with Gasteiger partial charge in [-0.3, -0.25) is 4.90 Å². The number of rotatable bonds is 5. The van der Waals surface area contributed by atoms with E-state index in [-0.39, 0.29) is 10.5 Å². The Labute approximate surface area is 189 Å². The van der Waals surface area contributed by atoms with Crippen molar-refractivity contribution in [3.63, 3.8) is 0 Å². The van der Waals surface area contributed by atoms with Gasteiger partial charge in [-0.05, 0) is 35.7 Å². The molecule has 0 N–H and O–H groups in total. The Morgan fingerprint density at radius 2 is 1.88 bits per heavy atom. The lowest BCUT2D eigenvalue weighted by Crippen LogP contribution is -2.48. The maximum absolute atomic E-state index is 13.2. The summed E-state index contributed by atoms with van der Waals surface area (Å²) >= 11 is 1.01. The number of sulfonamides is 1. The number of piperazine rings is 1. The van der Waals surface area contributed by atoms with Crippen molar-refractivity contribution in [2.45, 2.75) is 24.8 Å². The molecule has 1 fully saturated rings. The first-order valence-electron chi connectivity index (χ1n) is 10.4. The Morgan fingerprint density at radius 1 is 1.06 bits per heavy atom. The normalized spacial score (nSPS) is 16.2. The van der Waals surface area contributed by atoms with Gasteiger partial charge in [-0.25, -0.2) is 13.2 Å². The van der Waals surface area contributed by atoms with E-state index < -0.39 is 10.0 Å². The van der Waals surface area contributed by atoms with Crippen LogP contribution >= 0.6 is 11.7 Å². The maximum Gasteiger partial charge on any atom is 0.336 e. The van der Waals surface area contributed by atoms with Crippen LogP contribution < -0.4 is 5.63 Å². The summed E-state index contributed by atoms with van der Waals surface area (Å²) in [5.74, 6) is 0. The maximum atomic E-state index is 13.2. The van der Waals surface area contributed by atoms with Crippen molar-refractivity contribution in [2.75, 3.05) is 26.2 Å². The van der Waals surface area contributed by atoms with Gasteiger partial charge in [0.15, 0.2) is 0 Å². The van der Waals surface area contributed by atoms with Gasteiger partial charge < -0.3 is 4.42 Å². The highest BCUT2D eigenvalue weighted by Crippen LogP contribution is 2.26. The first-order chi connectivity index (χ1) is 15.5. The van der Waals surface area contributed by atoms with Crippen molar-refractivity contribution in [1.29, 1.82) is 0 Å². The fourth-order valence-corrected chi connectivity index (χ4v) is 6.30. The van der Waals surface area contributed by atoms with Crippen LogP contribution in [0.4, 0.5) is 0 Å². The molecular formula is C22H22N4O4S2. The zero-order valence-corrected chi connectivity index (χ0v) is 19.2. The summed E-state index contributed by atoms with van der Waals surface area (Å²) in [6.45, 7) is 4.50. The molecule has 0 atom stereocenters. The van der Waals surface area contributed by atoms with Crippen molar-refractivity contribution in [2.24, 2.45) is 0 Å². The van der Waals surface area contributed by atoms with Crippen LogP contribution in [0.15, 0.2) is 56.6 Å². The second-order valence-corrected chi connectivity index (χ2v) is 10.3. The molecule has 166 valence electrons. The van der Waals surface area contributed by atoms with Gasteiger partial charge in [0.05, 0.1) is 11.7 Å². The van der Waals surface area contributed by atoms with E-state index in [4.69, 9.17) is 4.42 Å². The van der Waals surface area contributed by atoms with E-state index in [0.717, 1.165) is 34.7 Å². The van der Waals surface area contributed by atoms with E-state index >= 15 is 0 Å². The predicted molar refractivity (Wildman–Crippen MR) is 123 cm³/mol. The van der Waals surface area contributed by atoms with Gasteiger partial charge in [-0.1, -0.05) is 25.1 Å². The quantitative estimate of drug-likeness (QED) is 0.414. The van der Waals surface area contributed by atoms with Crippen molar-refractivity contribution in [3.8, 4) is 0 Å². The van der Waals surface area contributed by atoms with E-state index in [0.29, 0.717) is 49.3 Å². The smallest absolute Gasteiger partial charge is 0.336 e. The summed E-state index contributed by atoms with van der Waals surface area (Å²) in [6, 6.07) is 12.5. The van der Waals surface area contributed by atoms with Crippen LogP contribution in [0, 0.1) is 0 Å². The average Bonchev–Trinajstić information content (AvgIpc) is 3.28. The summed E-state index contributed by atoms with van der Waals surface area (Å²) < 4.78 is 41.7. The molecule has 10 heteroatoms. The fraction of sp³-hybridized carbons (Fsp3) is 0.318. The topological polar surface area (TPSA) is 96.6 Å². The summed E-state index contributed by atoms with van der Waals surface area (Å²) in [5, 5.41) is 0.916. The number of aromatic nitrogens is 2. The first kappa shape index (κ1) is 21.2. The van der Waals surface area contributed by atoms with E-state index in [1.54, 1.807) is 18.2 Å². The molecule has 0 spiro atoms. The van der Waals surface area contributed by atoms with Crippen molar-refractivity contribution in [3.05, 3.63) is 64.0 Å². The molecule has 4 aromatic rings. The molecule has 8 nitrogen and oxygen atoms in total. The van der Waals surface area contributed by atoms with Crippen molar-refractivity contribution >= 4 is 43.8 Å². The summed E-state index contributed by atoms with van der Waals surface area (Å²) in [5.41, 5.74) is 3.25. The molecule has 1 saturated heterocycles. The molecule has 1 aliphatic heterocycles. The molecule has 0 amide bonds. The van der Waals surface area contributed by atoms with Gasteiger partial charge in [0.1, 0.15) is 21.5 Å². The molecule has 2 aromatic heterocycles. The lowest BCUT2D eigenvalue weighted by Gasteiger charge is -2.34. The average molecular weight is 471 g/mol. The zero-order valence-electron chi connectivity index (χ0n) is 17.5. The number of fused-ring (bicyclic) bond motifs is 2. The molecule has 2 aromatic carbocycles. The van der Waals surface area contributed by atoms with Gasteiger partial charge in [0, 0.05) is 44.2 Å². The summed E-state index contributed by atoms with van der Waals surface area (Å²) in [7, 11) is -3.66. The van der Waals surface area contributed by atoms with Gasteiger partial charge in [-0.2, -0.15) is 13.1 Å². The molecule has 3 heterocycles. The van der Waals surface area contributed by atoms with Crippen LogP contribution in [0.2, 0.25) is 0 Å². The molecule has 0 aliphatic carbocycles. The van der Waals surface area contributed by atoms with Crippen LogP contribution in [0.3, 0.4) is 0 Å². The second kappa shape index (κ2) is 8.36. The standard InChI is InChI=1S/C22H22N4O4S2/c1-2-15-6-7-17-16(13-21(27)30-19(17)12-15)14-25-8-10-26(11-9-25)32(28,29)20-5-3-4-18-22(20)24-31-23-18/h3-7,12-13H,2,8-11,14H2,1H3. The molecule has 1 aliphatic rings. The highest BCUT2D eigenvalue weighted by molar-refractivity contribution is 7.89. The van der Waals surface area contributed by atoms with E-state index in [1.807, 2.05) is 18.2 Å². The molecule has 0 radical (unpaired) electrons. The Balaban J connectivity index is 1.34. The molecular weight excluding hydrogens is 448 g/mol. The van der Waals surface area contributed by atoms with E-state index in [2.05, 4.69) is 20.6 Å². The third-order valence-corrected chi connectivity index (χ3v) is 8.37. The lowest BCUT2D eigenvalue weighted by atomic mass is 10.1. The minimum absolute atomic E-state index is 0.204. The molecule has 0 bridgehead atoms. The molecule has 32 heavy (non-hydrogen) atoms. The number of hydrogen-bond donors (Lipinski definition) is 0. The highest BCUT2D eigenvalue weighted by atomic mass is 32.2. The highest BCUT2D eigenvalue weighted by Gasteiger charge is 2.30. The molecule has 0 saturated carbocycles. The SMILES string of the molecule is CCc1ccc2c(CN3CCN(S(=O)(=O)c4cccc5nsnc45)CC3)cc(=O)oc2c1. The van der Waals surface area contributed by atoms with Gasteiger partial charge in [0.2, 0.25) is 10.0 Å². The van der Waals surface area contributed by atoms with Crippen LogP contribution in [-0.4, -0.2) is 52.5 Å². The first-order valence-corrected chi connectivity index (χ1v) is 12.6. The number of benzene rings is 2. The van der Waals surface area contributed by atoms with Crippen LogP contribution in [0.1, 0.15) is 18.1 Å². The number of hydrogen-bond acceptors (Lipinski definition) is 8. The summed E-state index contributed by atoms with van der Waals surface area (Å²) in [6.07, 6.45) is 0.866. The Hall–Kier alpha value is -2.66. The fourth-order valence-electron chi connectivity index (χ4n) is 4.12. The van der Waals surface area contributed by atoms with Crippen LogP contribution in [-0.2, 0) is 23.0 Å². The van der Waals surface area contributed by atoms with Crippen molar-refractivity contribution < 1.29 is 12.8 Å². The third kappa shape index (κ3) is 3.83. The minimum Gasteiger partial charge on any atom is -0.423 e. The monoisotopic (exact) mass is 470 g/mol. The lowest BCUT2D eigenvalue weighted by molar-refractivity contribution is 0.182. The third-order valence-electron chi connectivity index (χ3n) is 5.89. The van der Waals surface area contributed by atoms with Crippen LogP contribution in [0.25, 0.3) is 22.0 Å². The van der Waals surface area contributed by atoms with Crippen LogP contribution in [0.5, 0.6) is 0 Å². The predicted octanol–water partition coefficient (Wildman–Crippen LogP) is 2.87. The minimum atomic E-state index is -3.66. The van der Waals surface area contributed by atoms with E-state index in [9.17, 15) is 13.2 Å². The Kier molecular flexibility index (Phi) is 5.54. The summed E-state index contributed by atoms with van der Waals surface area (Å²) in [4.78, 5) is 14.5. The van der Waals surface area contributed by atoms with E-state index in [1.165, 1.54) is 10.4 Å². The van der Waals surface area contributed by atoms with Gasteiger partial charge in [-0.15, -0.1) is 0 Å². The molecule has 5 rings (SSSR count). The molecule has 0 unspecified atom stereocenters. The largest absolute Gasteiger partial charge is 0.423 e. The second-order valence-electron chi connectivity index (χ2n) is 7.84. The van der Waals surface area contributed by atoms with Gasteiger partial charge in [0.25, 0.3) is 0 Å². The Bertz CT molecular complexity index is 1450. The van der Waals surface area contributed by atoms with Crippen molar-refractivity contribution in [1.82, 2.24) is 18.0 Å². The number of aryl methyl sites for hydroxylation is 1. The zero-order chi connectivity index (χ0) is 22.3. The Morgan fingerprint density at radius 3 is 2.66 bits per heavy atom. The van der Waals surface area contributed by atoms with Gasteiger partial charge >= 0.3 is 5.63 Å².